The molecule has 2 N–H and O–H groups in total. The lowest BCUT2D eigenvalue weighted by Gasteiger charge is -2.35. The number of anilines is 1. The number of carbonyl (C=O) groups is 2. The molecule has 0 spiro atoms. The van der Waals surface area contributed by atoms with Gasteiger partial charge in [0, 0.05) is 36.9 Å². The third-order valence-corrected chi connectivity index (χ3v) is 6.23. The molecule has 34 heavy (non-hydrogen) atoms. The standard InChI is InChI=1S/C28H31N3O3/c1-34-26-14-8-5-9-21(26)15-18-29-28(33)24-12-6-7-13-25(24)31-19-16-23(17-20-31)30-27(32)22-10-3-2-4-11-22/h2-14,23H,15-20H2,1H3,(H,29,33)(H,30,32). The highest BCUT2D eigenvalue weighted by Gasteiger charge is 2.24. The van der Waals surface area contributed by atoms with E-state index in [4.69, 9.17) is 4.74 Å². The maximum Gasteiger partial charge on any atom is 0.253 e. The number of hydrogen-bond acceptors (Lipinski definition) is 4. The zero-order valence-corrected chi connectivity index (χ0v) is 19.5. The average molecular weight is 458 g/mol. The van der Waals surface area contributed by atoms with Crippen LogP contribution < -0.4 is 20.3 Å². The monoisotopic (exact) mass is 457 g/mol. The molecule has 0 radical (unpaired) electrons. The number of nitrogens with one attached hydrogen (secondary N) is 2. The van der Waals surface area contributed by atoms with Crippen LogP contribution in [0.25, 0.3) is 0 Å². The van der Waals surface area contributed by atoms with Crippen LogP contribution in [0.2, 0.25) is 0 Å². The first kappa shape index (κ1) is 23.4. The fourth-order valence-electron chi connectivity index (χ4n) is 4.38. The predicted molar refractivity (Wildman–Crippen MR) is 135 cm³/mol. The largest absolute Gasteiger partial charge is 0.496 e. The van der Waals surface area contributed by atoms with Gasteiger partial charge in [-0.05, 0) is 55.2 Å². The van der Waals surface area contributed by atoms with E-state index in [9.17, 15) is 9.59 Å². The van der Waals surface area contributed by atoms with Gasteiger partial charge in [0.2, 0.25) is 0 Å². The summed E-state index contributed by atoms with van der Waals surface area (Å²) in [7, 11) is 1.66. The number of hydrogen-bond donors (Lipinski definition) is 2. The molecule has 0 bridgehead atoms. The summed E-state index contributed by atoms with van der Waals surface area (Å²) in [5, 5.41) is 6.20. The van der Waals surface area contributed by atoms with Crippen molar-refractivity contribution in [3.63, 3.8) is 0 Å². The van der Waals surface area contributed by atoms with Gasteiger partial charge in [-0.2, -0.15) is 0 Å². The second-order valence-corrected chi connectivity index (χ2v) is 8.44. The number of piperidine rings is 1. The Morgan fingerprint density at radius 2 is 1.56 bits per heavy atom. The highest BCUT2D eigenvalue weighted by atomic mass is 16.5. The molecule has 0 saturated carbocycles. The molecule has 3 aromatic rings. The minimum absolute atomic E-state index is 0.0334. The number of ether oxygens (including phenoxy) is 1. The van der Waals surface area contributed by atoms with E-state index in [0.717, 1.165) is 42.9 Å². The number of amides is 2. The molecule has 0 aliphatic carbocycles. The molecule has 2 amide bonds. The summed E-state index contributed by atoms with van der Waals surface area (Å²) in [6.45, 7) is 2.09. The summed E-state index contributed by atoms with van der Waals surface area (Å²) >= 11 is 0. The smallest absolute Gasteiger partial charge is 0.253 e. The van der Waals surface area contributed by atoms with Crippen LogP contribution in [0, 0.1) is 0 Å². The van der Waals surface area contributed by atoms with Gasteiger partial charge in [0.25, 0.3) is 11.8 Å². The lowest BCUT2D eigenvalue weighted by atomic mass is 10.0. The summed E-state index contributed by atoms with van der Waals surface area (Å²) in [6.07, 6.45) is 2.37. The van der Waals surface area contributed by atoms with Gasteiger partial charge in [-0.15, -0.1) is 0 Å². The van der Waals surface area contributed by atoms with E-state index in [1.54, 1.807) is 7.11 Å². The van der Waals surface area contributed by atoms with E-state index in [0.29, 0.717) is 24.1 Å². The molecule has 0 unspecified atom stereocenters. The summed E-state index contributed by atoms with van der Waals surface area (Å²) in [5.74, 6) is 0.721. The van der Waals surface area contributed by atoms with Crippen LogP contribution in [0.1, 0.15) is 39.1 Å². The molecule has 1 saturated heterocycles. The normalized spacial score (nSPS) is 13.9. The second kappa shape index (κ2) is 11.4. The first-order valence-electron chi connectivity index (χ1n) is 11.8. The molecule has 6 nitrogen and oxygen atoms in total. The van der Waals surface area contributed by atoms with Crippen molar-refractivity contribution in [2.45, 2.75) is 25.3 Å². The Kier molecular flexibility index (Phi) is 7.81. The number of nitrogens with zero attached hydrogens (tertiary/aromatic N) is 1. The number of para-hydroxylation sites is 2. The molecule has 1 aliphatic rings. The van der Waals surface area contributed by atoms with Gasteiger partial charge in [0.1, 0.15) is 5.75 Å². The zero-order chi connectivity index (χ0) is 23.8. The molecule has 176 valence electrons. The van der Waals surface area contributed by atoms with Crippen molar-refractivity contribution in [2.24, 2.45) is 0 Å². The Morgan fingerprint density at radius 1 is 0.882 bits per heavy atom. The van der Waals surface area contributed by atoms with Crippen molar-refractivity contribution in [1.29, 1.82) is 0 Å². The molecule has 1 fully saturated rings. The van der Waals surface area contributed by atoms with Gasteiger partial charge in [-0.3, -0.25) is 9.59 Å². The Balaban J connectivity index is 1.32. The van der Waals surface area contributed by atoms with Gasteiger partial charge in [-0.1, -0.05) is 48.5 Å². The van der Waals surface area contributed by atoms with E-state index >= 15 is 0 Å². The van der Waals surface area contributed by atoms with Gasteiger partial charge in [0.05, 0.1) is 12.7 Å². The molecule has 6 heteroatoms. The third-order valence-electron chi connectivity index (χ3n) is 6.23. The van der Waals surface area contributed by atoms with Crippen molar-refractivity contribution >= 4 is 17.5 Å². The molecule has 1 aliphatic heterocycles. The van der Waals surface area contributed by atoms with Crippen molar-refractivity contribution in [3.8, 4) is 5.75 Å². The number of methoxy groups -OCH3 is 1. The minimum atomic E-state index is -0.0787. The van der Waals surface area contributed by atoms with E-state index in [-0.39, 0.29) is 17.9 Å². The zero-order valence-electron chi connectivity index (χ0n) is 19.5. The summed E-state index contributed by atoms with van der Waals surface area (Å²) in [6, 6.07) is 25.0. The van der Waals surface area contributed by atoms with Crippen molar-refractivity contribution in [3.05, 3.63) is 95.6 Å². The van der Waals surface area contributed by atoms with Crippen LogP contribution in [0.15, 0.2) is 78.9 Å². The molecule has 0 aromatic heterocycles. The predicted octanol–water partition coefficient (Wildman–Crippen LogP) is 4.07. The van der Waals surface area contributed by atoms with Crippen LogP contribution in [0.3, 0.4) is 0 Å². The Hall–Kier alpha value is -3.80. The number of carbonyl (C=O) groups excluding carboxylic acids is 2. The van der Waals surface area contributed by atoms with Crippen molar-refractivity contribution in [1.82, 2.24) is 10.6 Å². The minimum Gasteiger partial charge on any atom is -0.496 e. The fraction of sp³-hybridized carbons (Fsp3) is 0.286. The lowest BCUT2D eigenvalue weighted by molar-refractivity contribution is 0.0929. The SMILES string of the molecule is COc1ccccc1CCNC(=O)c1ccccc1N1CCC(NC(=O)c2ccccc2)CC1. The lowest BCUT2D eigenvalue weighted by Crippen LogP contribution is -2.45. The average Bonchev–Trinajstić information content (AvgIpc) is 2.90. The summed E-state index contributed by atoms with van der Waals surface area (Å²) in [5.41, 5.74) is 3.36. The molecule has 4 rings (SSSR count). The summed E-state index contributed by atoms with van der Waals surface area (Å²) in [4.78, 5) is 27.7. The van der Waals surface area contributed by atoms with Gasteiger partial charge in [0.15, 0.2) is 0 Å². The highest BCUT2D eigenvalue weighted by Crippen LogP contribution is 2.25. The van der Waals surface area contributed by atoms with Crippen molar-refractivity contribution < 1.29 is 14.3 Å². The maximum atomic E-state index is 13.0. The highest BCUT2D eigenvalue weighted by molar-refractivity contribution is 6.00. The van der Waals surface area contributed by atoms with Crippen LogP contribution in [-0.2, 0) is 6.42 Å². The van der Waals surface area contributed by atoms with Crippen LogP contribution in [0.4, 0.5) is 5.69 Å². The van der Waals surface area contributed by atoms with Crippen molar-refractivity contribution in [2.75, 3.05) is 31.6 Å². The van der Waals surface area contributed by atoms with Gasteiger partial charge < -0.3 is 20.3 Å². The van der Waals surface area contributed by atoms with Crippen LogP contribution in [0.5, 0.6) is 5.75 Å². The van der Waals surface area contributed by atoms with E-state index in [1.807, 2.05) is 78.9 Å². The molecule has 3 aromatic carbocycles. The Labute approximate surface area is 200 Å². The topological polar surface area (TPSA) is 70.7 Å². The van der Waals surface area contributed by atoms with Gasteiger partial charge in [-0.25, -0.2) is 0 Å². The number of rotatable bonds is 8. The molecule has 1 heterocycles. The molecule has 0 atom stereocenters. The first-order valence-corrected chi connectivity index (χ1v) is 11.8. The van der Waals surface area contributed by atoms with E-state index < -0.39 is 0 Å². The Bertz CT molecular complexity index is 1110. The number of benzene rings is 3. The second-order valence-electron chi connectivity index (χ2n) is 8.44. The van der Waals surface area contributed by atoms with E-state index in [2.05, 4.69) is 15.5 Å². The van der Waals surface area contributed by atoms with Crippen LogP contribution in [-0.4, -0.2) is 44.6 Å². The fourth-order valence-corrected chi connectivity index (χ4v) is 4.38. The first-order chi connectivity index (χ1) is 16.7. The van der Waals surface area contributed by atoms with E-state index in [1.165, 1.54) is 0 Å². The summed E-state index contributed by atoms with van der Waals surface area (Å²) < 4.78 is 5.40. The quantitative estimate of drug-likeness (QED) is 0.535. The van der Waals surface area contributed by atoms with Gasteiger partial charge >= 0.3 is 0 Å². The third kappa shape index (κ3) is 5.76. The maximum absolute atomic E-state index is 13.0. The Morgan fingerprint density at radius 3 is 2.32 bits per heavy atom. The molecular formula is C28H31N3O3. The molecular weight excluding hydrogens is 426 g/mol. The van der Waals surface area contributed by atoms with Crippen LogP contribution >= 0.6 is 0 Å².